The Kier molecular flexibility index (Phi) is 3.98. The second-order valence-corrected chi connectivity index (χ2v) is 9.38. The number of fused-ring (bicyclic) bond motifs is 3. The van der Waals surface area contributed by atoms with E-state index in [9.17, 15) is 9.59 Å². The highest BCUT2D eigenvalue weighted by molar-refractivity contribution is 7.15. The molecule has 1 spiro atoms. The van der Waals surface area contributed by atoms with Crippen LogP contribution in [-0.4, -0.2) is 22.5 Å². The van der Waals surface area contributed by atoms with Gasteiger partial charge < -0.3 is 15.4 Å². The number of amides is 2. The molecule has 2 amide bonds. The van der Waals surface area contributed by atoms with Crippen LogP contribution in [0.3, 0.4) is 0 Å². The fourth-order valence-electron chi connectivity index (χ4n) is 5.01. The topological polar surface area (TPSA) is 80.3 Å². The van der Waals surface area contributed by atoms with Gasteiger partial charge in [-0.15, -0.1) is 11.3 Å². The van der Waals surface area contributed by atoms with E-state index < -0.39 is 5.72 Å². The quantitative estimate of drug-likeness (QED) is 0.811. The molecule has 6 rings (SSSR count). The summed E-state index contributed by atoms with van der Waals surface area (Å²) < 4.78 is 6.36. The number of nitrogens with one attached hydrogen (secondary N) is 2. The predicted molar refractivity (Wildman–Crippen MR) is 106 cm³/mol. The van der Waals surface area contributed by atoms with Gasteiger partial charge in [-0.05, 0) is 51.2 Å². The van der Waals surface area contributed by atoms with Crippen LogP contribution in [-0.2, 0) is 4.79 Å². The van der Waals surface area contributed by atoms with E-state index in [4.69, 9.17) is 4.74 Å². The van der Waals surface area contributed by atoms with Gasteiger partial charge >= 0.3 is 0 Å². The maximum absolute atomic E-state index is 12.9. The number of aryl methyl sites for hydroxylation is 2. The zero-order valence-electron chi connectivity index (χ0n) is 16.0. The first-order valence-corrected chi connectivity index (χ1v) is 10.6. The van der Waals surface area contributed by atoms with Crippen molar-refractivity contribution in [2.24, 2.45) is 17.8 Å². The second-order valence-electron chi connectivity index (χ2n) is 8.17. The Hall–Kier alpha value is -2.41. The van der Waals surface area contributed by atoms with E-state index in [2.05, 4.69) is 15.6 Å². The lowest BCUT2D eigenvalue weighted by Crippen LogP contribution is -2.66. The van der Waals surface area contributed by atoms with E-state index in [0.717, 1.165) is 29.8 Å². The Bertz CT molecular complexity index is 952. The molecule has 2 N–H and O–H groups in total. The van der Waals surface area contributed by atoms with E-state index in [1.165, 1.54) is 11.3 Å². The van der Waals surface area contributed by atoms with E-state index in [0.29, 0.717) is 22.9 Å². The summed E-state index contributed by atoms with van der Waals surface area (Å²) in [5.74, 6) is 0.869. The predicted octanol–water partition coefficient (Wildman–Crippen LogP) is 3.65. The third-order valence-corrected chi connectivity index (χ3v) is 7.55. The van der Waals surface area contributed by atoms with Crippen molar-refractivity contribution in [3.8, 4) is 5.75 Å². The summed E-state index contributed by atoms with van der Waals surface area (Å²) in [6.07, 6.45) is 3.35. The van der Waals surface area contributed by atoms with E-state index >= 15 is 0 Å². The highest BCUT2D eigenvalue weighted by Crippen LogP contribution is 2.52. The molecule has 1 aliphatic heterocycles. The van der Waals surface area contributed by atoms with Crippen molar-refractivity contribution in [2.75, 3.05) is 5.32 Å². The van der Waals surface area contributed by atoms with Crippen LogP contribution in [0, 0.1) is 31.6 Å². The number of carbonyl (C=O) groups is 2. The Morgan fingerprint density at radius 2 is 2.14 bits per heavy atom. The minimum Gasteiger partial charge on any atom is -0.467 e. The van der Waals surface area contributed by atoms with Gasteiger partial charge in [0.15, 0.2) is 10.9 Å². The highest BCUT2D eigenvalue weighted by Gasteiger charge is 2.57. The summed E-state index contributed by atoms with van der Waals surface area (Å²) in [7, 11) is 0. The summed E-state index contributed by atoms with van der Waals surface area (Å²) in [6.45, 7) is 3.96. The van der Waals surface area contributed by atoms with Gasteiger partial charge in [-0.2, -0.15) is 0 Å². The average molecular weight is 398 g/mol. The van der Waals surface area contributed by atoms with Crippen LogP contribution in [0.2, 0.25) is 0 Å². The van der Waals surface area contributed by atoms with Crippen molar-refractivity contribution in [3.05, 3.63) is 40.4 Å². The van der Waals surface area contributed by atoms with Crippen molar-refractivity contribution >= 4 is 28.3 Å². The molecule has 2 aromatic rings. The van der Waals surface area contributed by atoms with E-state index in [1.54, 1.807) is 6.07 Å². The van der Waals surface area contributed by atoms with Crippen LogP contribution in [0.25, 0.3) is 0 Å². The third kappa shape index (κ3) is 2.71. The number of benzene rings is 1. The standard InChI is InChI=1S/C21H23N3O3S/c1-11-12(2)28-20(22-11)23-18(25)16-9-14-8-7-13(16)10-21(14)24-19(26)15-5-3-4-6-17(15)27-21/h3-6,13-14,16H,7-10H2,1-2H3,(H,24,26)(H,22,23,25)/t13-,14+,16-,21-/m0/s1. The zero-order chi connectivity index (χ0) is 19.5. The van der Waals surface area contributed by atoms with Gasteiger partial charge in [0.1, 0.15) is 5.75 Å². The summed E-state index contributed by atoms with van der Waals surface area (Å²) in [5, 5.41) is 6.82. The SMILES string of the molecule is Cc1nc(NC(=O)[C@H]2C[C@H]3CC[C@H]2C[C@@]32NC(=O)c3ccccc3O2)sc1C. The molecule has 3 saturated carbocycles. The van der Waals surface area contributed by atoms with Gasteiger partial charge in [-0.1, -0.05) is 12.1 Å². The number of anilines is 1. The minimum atomic E-state index is -0.681. The molecule has 1 aromatic heterocycles. The van der Waals surface area contributed by atoms with Crippen LogP contribution in [0.4, 0.5) is 5.13 Å². The van der Waals surface area contributed by atoms with Crippen LogP contribution >= 0.6 is 11.3 Å². The fraction of sp³-hybridized carbons (Fsp3) is 0.476. The van der Waals surface area contributed by atoms with E-state index in [1.807, 2.05) is 32.0 Å². The molecular weight excluding hydrogens is 374 g/mol. The number of thiazole rings is 1. The molecule has 0 unspecified atom stereocenters. The van der Waals surface area contributed by atoms with Crippen molar-refractivity contribution in [1.29, 1.82) is 0 Å². The van der Waals surface area contributed by atoms with Gasteiger partial charge in [0.25, 0.3) is 5.91 Å². The molecule has 2 bridgehead atoms. The lowest BCUT2D eigenvalue weighted by Gasteiger charge is -2.55. The summed E-state index contributed by atoms with van der Waals surface area (Å²) >= 11 is 1.52. The molecule has 3 fully saturated rings. The van der Waals surface area contributed by atoms with Crippen molar-refractivity contribution in [1.82, 2.24) is 10.3 Å². The number of nitrogens with zero attached hydrogens (tertiary/aromatic N) is 1. The average Bonchev–Trinajstić information content (AvgIpc) is 2.99. The molecule has 0 saturated heterocycles. The molecule has 4 aliphatic rings. The molecule has 28 heavy (non-hydrogen) atoms. The Labute approximate surface area is 167 Å². The summed E-state index contributed by atoms with van der Waals surface area (Å²) in [5.41, 5.74) is 0.860. The third-order valence-electron chi connectivity index (χ3n) is 6.56. The molecule has 0 radical (unpaired) electrons. The van der Waals surface area contributed by atoms with Gasteiger partial charge in [0, 0.05) is 23.1 Å². The van der Waals surface area contributed by atoms with E-state index in [-0.39, 0.29) is 29.6 Å². The van der Waals surface area contributed by atoms with Gasteiger partial charge in [0.05, 0.1) is 11.3 Å². The van der Waals surface area contributed by atoms with Crippen LogP contribution < -0.4 is 15.4 Å². The smallest absolute Gasteiger partial charge is 0.258 e. The largest absolute Gasteiger partial charge is 0.467 e. The highest BCUT2D eigenvalue weighted by atomic mass is 32.1. The Morgan fingerprint density at radius 1 is 1.32 bits per heavy atom. The molecule has 1 aromatic carbocycles. The minimum absolute atomic E-state index is 0.0424. The van der Waals surface area contributed by atoms with Gasteiger partial charge in [-0.3, -0.25) is 9.59 Å². The summed E-state index contributed by atoms with van der Waals surface area (Å²) in [6, 6.07) is 7.37. The number of hydrogen-bond donors (Lipinski definition) is 2. The van der Waals surface area contributed by atoms with Gasteiger partial charge in [0.2, 0.25) is 5.91 Å². The molecule has 7 heteroatoms. The zero-order valence-corrected chi connectivity index (χ0v) is 16.8. The van der Waals surface area contributed by atoms with Gasteiger partial charge in [-0.25, -0.2) is 4.98 Å². The number of rotatable bonds is 2. The first-order chi connectivity index (χ1) is 13.4. The number of carbonyl (C=O) groups excluding carboxylic acids is 2. The summed E-state index contributed by atoms with van der Waals surface area (Å²) in [4.78, 5) is 31.1. The number of hydrogen-bond acceptors (Lipinski definition) is 5. The maximum Gasteiger partial charge on any atom is 0.258 e. The van der Waals surface area contributed by atoms with Crippen LogP contribution in [0.1, 0.15) is 46.6 Å². The van der Waals surface area contributed by atoms with Crippen LogP contribution in [0.15, 0.2) is 24.3 Å². The number of para-hydroxylation sites is 1. The number of aromatic nitrogens is 1. The lowest BCUT2D eigenvalue weighted by molar-refractivity contribution is -0.142. The molecule has 4 atom stereocenters. The fourth-order valence-corrected chi connectivity index (χ4v) is 5.82. The lowest BCUT2D eigenvalue weighted by atomic mass is 9.60. The van der Waals surface area contributed by atoms with Crippen molar-refractivity contribution in [2.45, 2.75) is 45.3 Å². The first-order valence-electron chi connectivity index (χ1n) is 9.80. The molecule has 146 valence electrons. The normalized spacial score (nSPS) is 30.5. The molecule has 2 heterocycles. The van der Waals surface area contributed by atoms with Crippen molar-refractivity contribution in [3.63, 3.8) is 0 Å². The first kappa shape index (κ1) is 17.7. The Morgan fingerprint density at radius 3 is 2.86 bits per heavy atom. The van der Waals surface area contributed by atoms with Crippen LogP contribution in [0.5, 0.6) is 5.75 Å². The van der Waals surface area contributed by atoms with Crippen molar-refractivity contribution < 1.29 is 14.3 Å². The maximum atomic E-state index is 12.9. The molecule has 3 aliphatic carbocycles. The second kappa shape index (κ2) is 6.30. The monoisotopic (exact) mass is 397 g/mol. The Balaban J connectivity index is 1.35. The molecule has 6 nitrogen and oxygen atoms in total. The number of ether oxygens (including phenoxy) is 1. The molecular formula is C21H23N3O3S.